The standard InChI is InChI=1S/C26H26F3N7O/c1-15-7-8-18(35-21(37)11-16-4-2-5-17(10-16)26(27,28)29)12-20(15)36-24-19(6-3-9-30-24)22-23-25(33-13-31-22)34-14-32-23/h3,6-9,12-14,16-17H,2,4-5,10-11H2,1H3,(H,30,36)(H,35,37)(H,31,32,33,34)/t16-,17-/m0/s1. The molecule has 1 aliphatic carbocycles. The molecular weight excluding hydrogens is 483 g/mol. The highest BCUT2D eigenvalue weighted by molar-refractivity contribution is 5.93. The summed E-state index contributed by atoms with van der Waals surface area (Å²) in [6.45, 7) is 1.92. The van der Waals surface area contributed by atoms with E-state index in [-0.39, 0.29) is 31.1 Å². The summed E-state index contributed by atoms with van der Waals surface area (Å²) in [5.41, 5.74) is 4.81. The number of aromatic nitrogens is 5. The summed E-state index contributed by atoms with van der Waals surface area (Å²) in [6, 6.07) is 9.12. The molecule has 1 aromatic carbocycles. The summed E-state index contributed by atoms with van der Waals surface area (Å²) in [5.74, 6) is -1.32. The number of fused-ring (bicyclic) bond motifs is 1. The van der Waals surface area contributed by atoms with Gasteiger partial charge in [-0.25, -0.2) is 19.9 Å². The highest BCUT2D eigenvalue weighted by atomic mass is 19.4. The first-order chi connectivity index (χ1) is 17.8. The molecule has 4 aromatic rings. The Morgan fingerprint density at radius 1 is 1.14 bits per heavy atom. The zero-order valence-corrected chi connectivity index (χ0v) is 20.1. The molecule has 0 aliphatic heterocycles. The minimum atomic E-state index is -4.20. The third kappa shape index (κ3) is 5.55. The van der Waals surface area contributed by atoms with Gasteiger partial charge in [0.25, 0.3) is 0 Å². The number of halogens is 3. The van der Waals surface area contributed by atoms with Gasteiger partial charge in [-0.2, -0.15) is 13.2 Å². The first-order valence-electron chi connectivity index (χ1n) is 12.1. The van der Waals surface area contributed by atoms with Crippen LogP contribution >= 0.6 is 0 Å². The smallest absolute Gasteiger partial charge is 0.341 e. The number of rotatable bonds is 6. The van der Waals surface area contributed by atoms with Crippen molar-refractivity contribution in [2.24, 2.45) is 11.8 Å². The third-order valence-corrected chi connectivity index (χ3v) is 6.78. The van der Waals surface area contributed by atoms with Gasteiger partial charge < -0.3 is 15.6 Å². The van der Waals surface area contributed by atoms with E-state index < -0.39 is 12.1 Å². The number of carbonyl (C=O) groups is 1. The number of alkyl halides is 3. The highest BCUT2D eigenvalue weighted by Gasteiger charge is 2.42. The van der Waals surface area contributed by atoms with E-state index in [1.807, 2.05) is 25.1 Å². The Morgan fingerprint density at radius 3 is 2.84 bits per heavy atom. The lowest BCUT2D eigenvalue weighted by molar-refractivity contribution is -0.186. The van der Waals surface area contributed by atoms with Gasteiger partial charge in [0.1, 0.15) is 23.4 Å². The number of hydrogen-bond donors (Lipinski definition) is 3. The maximum atomic E-state index is 13.1. The van der Waals surface area contributed by atoms with Crippen LogP contribution in [0.25, 0.3) is 22.4 Å². The van der Waals surface area contributed by atoms with Crippen molar-refractivity contribution >= 4 is 34.3 Å². The number of hydrogen-bond acceptors (Lipinski definition) is 6. The van der Waals surface area contributed by atoms with E-state index in [2.05, 4.69) is 35.6 Å². The van der Waals surface area contributed by atoms with Gasteiger partial charge in [-0.1, -0.05) is 12.5 Å². The van der Waals surface area contributed by atoms with Crippen LogP contribution in [-0.2, 0) is 4.79 Å². The summed E-state index contributed by atoms with van der Waals surface area (Å²) in [7, 11) is 0. The minimum absolute atomic E-state index is 0.00666. The van der Waals surface area contributed by atoms with E-state index in [1.54, 1.807) is 24.7 Å². The summed E-state index contributed by atoms with van der Waals surface area (Å²) in [6.07, 6.45) is 1.81. The van der Waals surface area contributed by atoms with Crippen LogP contribution < -0.4 is 10.6 Å². The van der Waals surface area contributed by atoms with E-state index in [9.17, 15) is 18.0 Å². The predicted octanol–water partition coefficient (Wildman–Crippen LogP) is 6.16. The van der Waals surface area contributed by atoms with E-state index in [4.69, 9.17) is 0 Å². The molecule has 0 bridgehead atoms. The number of imidazole rings is 1. The molecule has 1 amide bonds. The average molecular weight is 510 g/mol. The predicted molar refractivity (Wildman–Crippen MR) is 134 cm³/mol. The molecule has 1 aliphatic rings. The molecular formula is C26H26F3N7O. The Morgan fingerprint density at radius 2 is 2.00 bits per heavy atom. The maximum Gasteiger partial charge on any atom is 0.391 e. The Hall–Kier alpha value is -4.02. The highest BCUT2D eigenvalue weighted by Crippen LogP contribution is 2.41. The number of H-pyrrole nitrogens is 1. The average Bonchev–Trinajstić information content (AvgIpc) is 3.35. The first kappa shape index (κ1) is 24.7. The van der Waals surface area contributed by atoms with Crippen LogP contribution in [0.5, 0.6) is 0 Å². The summed E-state index contributed by atoms with van der Waals surface area (Å²) >= 11 is 0. The molecule has 0 unspecified atom stereocenters. The molecule has 3 N–H and O–H groups in total. The van der Waals surface area contributed by atoms with Crippen molar-refractivity contribution in [3.8, 4) is 11.3 Å². The van der Waals surface area contributed by atoms with E-state index in [0.29, 0.717) is 41.2 Å². The zero-order chi connectivity index (χ0) is 26.0. The molecule has 0 saturated heterocycles. The summed E-state index contributed by atoms with van der Waals surface area (Å²) < 4.78 is 39.4. The van der Waals surface area contributed by atoms with Crippen molar-refractivity contribution in [1.82, 2.24) is 24.9 Å². The fourth-order valence-electron chi connectivity index (χ4n) is 4.88. The van der Waals surface area contributed by atoms with Gasteiger partial charge in [0.15, 0.2) is 5.65 Å². The van der Waals surface area contributed by atoms with Crippen LogP contribution in [0.2, 0.25) is 0 Å². The molecule has 0 radical (unpaired) electrons. The Bertz CT molecular complexity index is 1420. The quantitative estimate of drug-likeness (QED) is 0.287. The van der Waals surface area contributed by atoms with Crippen LogP contribution in [0.1, 0.15) is 37.7 Å². The van der Waals surface area contributed by atoms with Crippen LogP contribution in [-0.4, -0.2) is 37.0 Å². The van der Waals surface area contributed by atoms with E-state index in [0.717, 1.165) is 16.8 Å². The molecule has 11 heteroatoms. The van der Waals surface area contributed by atoms with Gasteiger partial charge in [0.05, 0.1) is 12.2 Å². The summed E-state index contributed by atoms with van der Waals surface area (Å²) in [5, 5.41) is 6.18. The molecule has 8 nitrogen and oxygen atoms in total. The van der Waals surface area contributed by atoms with Crippen molar-refractivity contribution < 1.29 is 18.0 Å². The van der Waals surface area contributed by atoms with Crippen LogP contribution in [0.4, 0.5) is 30.4 Å². The van der Waals surface area contributed by atoms with Gasteiger partial charge >= 0.3 is 6.18 Å². The number of nitrogens with one attached hydrogen (secondary N) is 3. The second-order valence-electron chi connectivity index (χ2n) is 9.40. The fourth-order valence-corrected chi connectivity index (χ4v) is 4.88. The Labute approximate surface area is 211 Å². The zero-order valence-electron chi connectivity index (χ0n) is 20.1. The molecule has 3 aromatic heterocycles. The second kappa shape index (κ2) is 10.2. The summed E-state index contributed by atoms with van der Waals surface area (Å²) in [4.78, 5) is 33.0. The van der Waals surface area contributed by atoms with Crippen molar-refractivity contribution in [3.63, 3.8) is 0 Å². The third-order valence-electron chi connectivity index (χ3n) is 6.78. The van der Waals surface area contributed by atoms with Gasteiger partial charge in [-0.05, 0) is 61.9 Å². The van der Waals surface area contributed by atoms with Crippen LogP contribution in [0.3, 0.4) is 0 Å². The minimum Gasteiger partial charge on any atom is -0.341 e. The van der Waals surface area contributed by atoms with Gasteiger partial charge in [-0.15, -0.1) is 0 Å². The normalized spacial score (nSPS) is 18.1. The molecule has 0 spiro atoms. The number of benzene rings is 1. The molecule has 37 heavy (non-hydrogen) atoms. The van der Waals surface area contributed by atoms with Crippen molar-refractivity contribution in [2.75, 3.05) is 10.6 Å². The number of nitrogens with zero attached hydrogens (tertiary/aromatic N) is 4. The number of aromatic amines is 1. The molecule has 5 rings (SSSR count). The number of anilines is 3. The lowest BCUT2D eigenvalue weighted by atomic mass is 9.79. The first-order valence-corrected chi connectivity index (χ1v) is 12.1. The molecule has 2 atom stereocenters. The molecule has 192 valence electrons. The van der Waals surface area contributed by atoms with E-state index in [1.165, 1.54) is 6.33 Å². The van der Waals surface area contributed by atoms with Gasteiger partial charge in [0.2, 0.25) is 5.91 Å². The lowest BCUT2D eigenvalue weighted by Crippen LogP contribution is -2.30. The molecule has 1 saturated carbocycles. The second-order valence-corrected chi connectivity index (χ2v) is 9.40. The fraction of sp³-hybridized carbons (Fsp3) is 0.346. The number of amides is 1. The van der Waals surface area contributed by atoms with Crippen molar-refractivity contribution in [2.45, 2.75) is 45.2 Å². The topological polar surface area (TPSA) is 108 Å². The Balaban J connectivity index is 1.32. The SMILES string of the molecule is Cc1ccc(NC(=O)C[C@H]2CCC[C@H](C(F)(F)F)C2)cc1Nc1ncccc1-c1ncnc2nc[nH]c12. The van der Waals surface area contributed by atoms with Crippen molar-refractivity contribution in [3.05, 3.63) is 54.7 Å². The monoisotopic (exact) mass is 509 g/mol. The van der Waals surface area contributed by atoms with Crippen LogP contribution in [0, 0.1) is 18.8 Å². The van der Waals surface area contributed by atoms with Gasteiger partial charge in [-0.3, -0.25) is 4.79 Å². The van der Waals surface area contributed by atoms with E-state index >= 15 is 0 Å². The molecule has 1 fully saturated rings. The number of aryl methyl sites for hydroxylation is 1. The number of pyridine rings is 1. The molecule has 3 heterocycles. The lowest BCUT2D eigenvalue weighted by Gasteiger charge is -2.30. The number of carbonyl (C=O) groups excluding carboxylic acids is 1. The largest absolute Gasteiger partial charge is 0.391 e. The van der Waals surface area contributed by atoms with Gasteiger partial charge in [0, 0.05) is 29.6 Å². The van der Waals surface area contributed by atoms with Crippen molar-refractivity contribution in [1.29, 1.82) is 0 Å². The maximum absolute atomic E-state index is 13.1. The van der Waals surface area contributed by atoms with Crippen LogP contribution in [0.15, 0.2) is 49.2 Å². The Kier molecular flexibility index (Phi) is 6.77.